The van der Waals surface area contributed by atoms with Gasteiger partial charge < -0.3 is 20.1 Å². The molecule has 0 heterocycles. The summed E-state index contributed by atoms with van der Waals surface area (Å²) < 4.78 is 4.93. The molecule has 0 radical (unpaired) electrons. The Kier molecular flexibility index (Phi) is 9.89. The van der Waals surface area contributed by atoms with Crippen LogP contribution in [-0.4, -0.2) is 73.8 Å². The first kappa shape index (κ1) is 16.2. The average molecular weight is 264 g/mol. The van der Waals surface area contributed by atoms with E-state index in [0.29, 0.717) is 13.2 Å². The molecule has 0 aromatic heterocycles. The molecule has 6 nitrogen and oxygen atoms in total. The number of carboxylic acids is 1. The van der Waals surface area contributed by atoms with E-state index in [2.05, 4.69) is 5.32 Å². The van der Waals surface area contributed by atoms with Crippen LogP contribution in [0, 0.1) is 0 Å². The zero-order valence-electron chi connectivity index (χ0n) is 10.3. The Labute approximate surface area is 106 Å². The summed E-state index contributed by atoms with van der Waals surface area (Å²) in [4.78, 5) is 23.5. The van der Waals surface area contributed by atoms with Crippen LogP contribution in [0.25, 0.3) is 0 Å². The third-order valence-corrected chi connectivity index (χ3v) is 2.87. The molecule has 0 aromatic carbocycles. The summed E-state index contributed by atoms with van der Waals surface area (Å²) in [5.74, 6) is -0.881. The first-order chi connectivity index (χ1) is 8.06. The number of nitrogens with one attached hydrogen (secondary N) is 1. The number of thioether (sulfide) groups is 1. The Morgan fingerprint density at radius 3 is 2.65 bits per heavy atom. The molecule has 0 aliphatic heterocycles. The fourth-order valence-electron chi connectivity index (χ4n) is 1.03. The maximum atomic E-state index is 11.3. The molecule has 7 heteroatoms. The van der Waals surface area contributed by atoms with Crippen molar-refractivity contribution in [1.82, 2.24) is 10.2 Å². The number of likely N-dealkylation sites (N-methyl/N-ethyl adjacent to an activating group) is 1. The van der Waals surface area contributed by atoms with Crippen LogP contribution >= 0.6 is 11.8 Å². The molecule has 0 fully saturated rings. The highest BCUT2D eigenvalue weighted by Crippen LogP contribution is 1.97. The lowest BCUT2D eigenvalue weighted by Gasteiger charge is -2.15. The van der Waals surface area contributed by atoms with E-state index in [1.165, 1.54) is 0 Å². The second-order valence-electron chi connectivity index (χ2n) is 3.53. The molecule has 0 atom stereocenters. The van der Waals surface area contributed by atoms with Crippen molar-refractivity contribution in [3.63, 3.8) is 0 Å². The van der Waals surface area contributed by atoms with Gasteiger partial charge in [-0.1, -0.05) is 0 Å². The van der Waals surface area contributed by atoms with Crippen molar-refractivity contribution in [3.05, 3.63) is 0 Å². The van der Waals surface area contributed by atoms with Gasteiger partial charge in [-0.15, -0.1) is 11.8 Å². The lowest BCUT2D eigenvalue weighted by molar-refractivity contribution is -0.133. The van der Waals surface area contributed by atoms with Crippen LogP contribution < -0.4 is 5.32 Å². The number of methoxy groups -OCH3 is 1. The standard InChI is InChI=1S/C10H20N2O4S/c1-12(5-6-16-2)4-3-11-9(13)7-17-8-10(14)15/h3-8H2,1-2H3,(H,11,13)(H,14,15). The zero-order valence-corrected chi connectivity index (χ0v) is 11.1. The quantitative estimate of drug-likeness (QED) is 0.554. The number of carboxylic acid groups (broad SMARTS) is 1. The van der Waals surface area contributed by atoms with Gasteiger partial charge in [0, 0.05) is 26.7 Å². The van der Waals surface area contributed by atoms with Crippen LogP contribution in [-0.2, 0) is 14.3 Å². The van der Waals surface area contributed by atoms with Crippen LogP contribution in [0.1, 0.15) is 0 Å². The van der Waals surface area contributed by atoms with Crippen LogP contribution in [0.2, 0.25) is 0 Å². The van der Waals surface area contributed by atoms with Crippen molar-refractivity contribution < 1.29 is 19.4 Å². The molecule has 1 amide bonds. The second kappa shape index (κ2) is 10.4. The largest absolute Gasteiger partial charge is 0.481 e. The lowest BCUT2D eigenvalue weighted by atomic mass is 10.5. The molecule has 0 aliphatic rings. The number of carbonyl (C=O) groups excluding carboxylic acids is 1. The molecule has 2 N–H and O–H groups in total. The highest BCUT2D eigenvalue weighted by atomic mass is 32.2. The average Bonchev–Trinajstić information content (AvgIpc) is 2.25. The van der Waals surface area contributed by atoms with Crippen LogP contribution in [0.3, 0.4) is 0 Å². The van der Waals surface area contributed by atoms with Crippen molar-refractivity contribution in [3.8, 4) is 0 Å². The zero-order chi connectivity index (χ0) is 13.1. The molecule has 0 spiro atoms. The number of nitrogens with zero attached hydrogens (tertiary/aromatic N) is 1. The predicted octanol–water partition coefficient (Wildman–Crippen LogP) is -0.501. The molecular formula is C10H20N2O4S. The SMILES string of the molecule is COCCN(C)CCNC(=O)CSCC(=O)O. The van der Waals surface area contributed by atoms with Gasteiger partial charge in [0.05, 0.1) is 18.1 Å². The normalized spacial score (nSPS) is 10.5. The van der Waals surface area contributed by atoms with Gasteiger partial charge in [0.15, 0.2) is 0 Å². The summed E-state index contributed by atoms with van der Waals surface area (Å²) >= 11 is 1.10. The third-order valence-electron chi connectivity index (χ3n) is 1.95. The fourth-order valence-corrected chi connectivity index (χ4v) is 1.59. The van der Waals surface area contributed by atoms with E-state index in [-0.39, 0.29) is 17.4 Å². The van der Waals surface area contributed by atoms with Crippen molar-refractivity contribution in [2.75, 3.05) is 51.9 Å². The number of hydrogen-bond donors (Lipinski definition) is 2. The molecule has 100 valence electrons. The molecule has 0 rings (SSSR count). The van der Waals surface area contributed by atoms with Crippen molar-refractivity contribution in [2.45, 2.75) is 0 Å². The first-order valence-corrected chi connectivity index (χ1v) is 6.45. The van der Waals surface area contributed by atoms with E-state index >= 15 is 0 Å². The summed E-state index contributed by atoms with van der Waals surface area (Å²) in [6.07, 6.45) is 0. The predicted molar refractivity (Wildman–Crippen MR) is 67.3 cm³/mol. The topological polar surface area (TPSA) is 78.9 Å². The maximum Gasteiger partial charge on any atom is 0.313 e. The Bertz CT molecular complexity index is 238. The highest BCUT2D eigenvalue weighted by molar-refractivity contribution is 8.00. The minimum Gasteiger partial charge on any atom is -0.481 e. The maximum absolute atomic E-state index is 11.3. The first-order valence-electron chi connectivity index (χ1n) is 5.30. The number of ether oxygens (including phenoxy) is 1. The summed E-state index contributed by atoms with van der Waals surface area (Å²) in [7, 11) is 3.60. The fraction of sp³-hybridized carbons (Fsp3) is 0.800. The van der Waals surface area contributed by atoms with Gasteiger partial charge in [-0.25, -0.2) is 0 Å². The number of rotatable bonds is 10. The number of aliphatic carboxylic acids is 1. The van der Waals surface area contributed by atoms with Crippen molar-refractivity contribution in [1.29, 1.82) is 0 Å². The molecule has 0 aliphatic carbocycles. The Balaban J connectivity index is 3.41. The number of hydrogen-bond acceptors (Lipinski definition) is 5. The molecule has 0 saturated carbocycles. The summed E-state index contributed by atoms with van der Waals surface area (Å²) in [6, 6.07) is 0. The van der Waals surface area contributed by atoms with E-state index in [1.807, 2.05) is 11.9 Å². The van der Waals surface area contributed by atoms with Crippen molar-refractivity contribution in [2.24, 2.45) is 0 Å². The molecular weight excluding hydrogens is 244 g/mol. The van der Waals surface area contributed by atoms with Gasteiger partial charge in [0.2, 0.25) is 5.91 Å². The second-order valence-corrected chi connectivity index (χ2v) is 4.52. The Hall–Kier alpha value is -0.790. The van der Waals surface area contributed by atoms with E-state index in [1.54, 1.807) is 7.11 Å². The summed E-state index contributed by atoms with van der Waals surface area (Å²) in [6.45, 7) is 2.80. The summed E-state index contributed by atoms with van der Waals surface area (Å²) in [5.41, 5.74) is 0. The van der Waals surface area contributed by atoms with Crippen LogP contribution in [0.4, 0.5) is 0 Å². The summed E-state index contributed by atoms with van der Waals surface area (Å²) in [5, 5.41) is 11.1. The Morgan fingerprint density at radius 2 is 2.06 bits per heavy atom. The number of amides is 1. The highest BCUT2D eigenvalue weighted by Gasteiger charge is 2.04. The van der Waals surface area contributed by atoms with E-state index in [9.17, 15) is 9.59 Å². The van der Waals surface area contributed by atoms with Gasteiger partial charge in [0.1, 0.15) is 0 Å². The molecule has 0 saturated heterocycles. The molecule has 0 bridgehead atoms. The van der Waals surface area contributed by atoms with Gasteiger partial charge >= 0.3 is 5.97 Å². The minimum absolute atomic E-state index is 0.0405. The van der Waals surface area contributed by atoms with Crippen LogP contribution in [0.15, 0.2) is 0 Å². The Morgan fingerprint density at radius 1 is 1.35 bits per heavy atom. The van der Waals surface area contributed by atoms with Crippen LogP contribution in [0.5, 0.6) is 0 Å². The van der Waals surface area contributed by atoms with Gasteiger partial charge in [-0.2, -0.15) is 0 Å². The van der Waals surface area contributed by atoms with Crippen molar-refractivity contribution >= 4 is 23.6 Å². The van der Waals surface area contributed by atoms with E-state index in [4.69, 9.17) is 9.84 Å². The third kappa shape index (κ3) is 11.5. The van der Waals surface area contributed by atoms with Gasteiger partial charge in [-0.05, 0) is 7.05 Å². The van der Waals surface area contributed by atoms with Gasteiger partial charge in [0.25, 0.3) is 0 Å². The molecule has 17 heavy (non-hydrogen) atoms. The van der Waals surface area contributed by atoms with Gasteiger partial charge in [-0.3, -0.25) is 9.59 Å². The molecule has 0 unspecified atom stereocenters. The minimum atomic E-state index is -0.901. The number of carbonyl (C=O) groups is 2. The van der Waals surface area contributed by atoms with E-state index < -0.39 is 5.97 Å². The molecule has 0 aromatic rings. The smallest absolute Gasteiger partial charge is 0.313 e. The van der Waals surface area contributed by atoms with E-state index in [0.717, 1.165) is 24.9 Å². The lowest BCUT2D eigenvalue weighted by Crippen LogP contribution is -2.35. The monoisotopic (exact) mass is 264 g/mol.